The van der Waals surface area contributed by atoms with E-state index in [0.717, 1.165) is 25.9 Å². The summed E-state index contributed by atoms with van der Waals surface area (Å²) in [6.07, 6.45) is 2.59. The van der Waals surface area contributed by atoms with Crippen molar-refractivity contribution in [2.45, 2.75) is 32.6 Å². The van der Waals surface area contributed by atoms with Gasteiger partial charge in [0.05, 0.1) is 0 Å². The van der Waals surface area contributed by atoms with Crippen LogP contribution in [0.15, 0.2) is 0 Å². The standard InChI is InChI=1S/C10H18N2O3/c1-2-10(14)12-5-3-8(4-6-12)7-9(13)11-15/h8,15H,2-7H2,1H3,(H,11,13). The van der Waals surface area contributed by atoms with E-state index < -0.39 is 0 Å². The molecule has 0 aromatic heterocycles. The molecule has 0 radical (unpaired) electrons. The Kier molecular flexibility index (Phi) is 4.55. The second-order valence-corrected chi connectivity index (χ2v) is 3.92. The number of piperidine rings is 1. The highest BCUT2D eigenvalue weighted by molar-refractivity contribution is 5.76. The minimum Gasteiger partial charge on any atom is -0.343 e. The first-order valence-electron chi connectivity index (χ1n) is 5.38. The molecule has 0 bridgehead atoms. The summed E-state index contributed by atoms with van der Waals surface area (Å²) in [6, 6.07) is 0. The lowest BCUT2D eigenvalue weighted by Crippen LogP contribution is -2.39. The van der Waals surface area contributed by atoms with Crippen molar-refractivity contribution in [3.05, 3.63) is 0 Å². The molecule has 15 heavy (non-hydrogen) atoms. The molecule has 86 valence electrons. The van der Waals surface area contributed by atoms with Gasteiger partial charge in [-0.3, -0.25) is 14.8 Å². The van der Waals surface area contributed by atoms with Gasteiger partial charge in [-0.25, -0.2) is 5.48 Å². The van der Waals surface area contributed by atoms with E-state index in [0.29, 0.717) is 12.8 Å². The van der Waals surface area contributed by atoms with Gasteiger partial charge in [0, 0.05) is 25.9 Å². The molecule has 1 aliphatic rings. The number of amides is 2. The number of likely N-dealkylation sites (tertiary alicyclic amines) is 1. The highest BCUT2D eigenvalue weighted by atomic mass is 16.5. The lowest BCUT2D eigenvalue weighted by atomic mass is 9.93. The van der Waals surface area contributed by atoms with E-state index in [-0.39, 0.29) is 17.7 Å². The van der Waals surface area contributed by atoms with Crippen LogP contribution in [0.3, 0.4) is 0 Å². The third-order valence-electron chi connectivity index (χ3n) is 2.87. The molecule has 0 unspecified atom stereocenters. The predicted molar refractivity (Wildman–Crippen MR) is 54.1 cm³/mol. The molecule has 2 amide bonds. The monoisotopic (exact) mass is 214 g/mol. The second-order valence-electron chi connectivity index (χ2n) is 3.92. The fourth-order valence-electron chi connectivity index (χ4n) is 1.92. The molecule has 1 heterocycles. The first kappa shape index (κ1) is 12.0. The molecule has 0 aromatic carbocycles. The molecule has 5 heteroatoms. The van der Waals surface area contributed by atoms with Gasteiger partial charge in [0.2, 0.25) is 11.8 Å². The Labute approximate surface area is 89.4 Å². The van der Waals surface area contributed by atoms with Crippen LogP contribution in [-0.4, -0.2) is 35.0 Å². The van der Waals surface area contributed by atoms with Gasteiger partial charge in [0.1, 0.15) is 0 Å². The molecule has 5 nitrogen and oxygen atoms in total. The van der Waals surface area contributed by atoms with Gasteiger partial charge in [0.15, 0.2) is 0 Å². The Hall–Kier alpha value is -1.10. The number of nitrogens with zero attached hydrogens (tertiary/aromatic N) is 1. The van der Waals surface area contributed by atoms with E-state index in [1.165, 1.54) is 0 Å². The Morgan fingerprint density at radius 3 is 2.47 bits per heavy atom. The van der Waals surface area contributed by atoms with Crippen molar-refractivity contribution < 1.29 is 14.8 Å². The molecule has 0 spiro atoms. The van der Waals surface area contributed by atoms with E-state index in [1.807, 2.05) is 11.8 Å². The van der Waals surface area contributed by atoms with Crippen molar-refractivity contribution in [3.63, 3.8) is 0 Å². The molecule has 0 saturated carbocycles. The first-order valence-corrected chi connectivity index (χ1v) is 5.38. The summed E-state index contributed by atoms with van der Waals surface area (Å²) in [7, 11) is 0. The van der Waals surface area contributed by atoms with E-state index in [9.17, 15) is 9.59 Å². The third kappa shape index (κ3) is 3.51. The average molecular weight is 214 g/mol. The van der Waals surface area contributed by atoms with Crippen LogP contribution in [0.1, 0.15) is 32.6 Å². The zero-order valence-electron chi connectivity index (χ0n) is 9.03. The summed E-state index contributed by atoms with van der Waals surface area (Å²) in [4.78, 5) is 24.1. The Morgan fingerprint density at radius 1 is 1.40 bits per heavy atom. The van der Waals surface area contributed by atoms with Crippen molar-refractivity contribution in [2.75, 3.05) is 13.1 Å². The number of carbonyl (C=O) groups excluding carboxylic acids is 2. The smallest absolute Gasteiger partial charge is 0.243 e. The number of carbonyl (C=O) groups is 2. The lowest BCUT2D eigenvalue weighted by molar-refractivity contribution is -0.133. The van der Waals surface area contributed by atoms with Crippen LogP contribution in [0.5, 0.6) is 0 Å². The maximum absolute atomic E-state index is 11.4. The second kappa shape index (κ2) is 5.70. The highest BCUT2D eigenvalue weighted by Crippen LogP contribution is 2.20. The maximum Gasteiger partial charge on any atom is 0.243 e. The summed E-state index contributed by atoms with van der Waals surface area (Å²) in [5, 5.41) is 8.38. The van der Waals surface area contributed by atoms with Gasteiger partial charge in [-0.05, 0) is 18.8 Å². The topological polar surface area (TPSA) is 69.6 Å². The van der Waals surface area contributed by atoms with E-state index in [2.05, 4.69) is 0 Å². The van der Waals surface area contributed by atoms with Gasteiger partial charge in [-0.15, -0.1) is 0 Å². The minimum atomic E-state index is -0.338. The average Bonchev–Trinajstić information content (AvgIpc) is 2.29. The molecule has 2 N–H and O–H groups in total. The van der Waals surface area contributed by atoms with E-state index in [1.54, 1.807) is 5.48 Å². The van der Waals surface area contributed by atoms with Crippen LogP contribution in [0.25, 0.3) is 0 Å². The summed E-state index contributed by atoms with van der Waals surface area (Å²) in [5.74, 6) is 0.133. The van der Waals surface area contributed by atoms with Crippen molar-refractivity contribution in [2.24, 2.45) is 5.92 Å². The molecular formula is C10H18N2O3. The van der Waals surface area contributed by atoms with Crippen molar-refractivity contribution in [1.82, 2.24) is 10.4 Å². The lowest BCUT2D eigenvalue weighted by Gasteiger charge is -2.31. The zero-order valence-corrected chi connectivity index (χ0v) is 9.03. The number of hydrogen-bond donors (Lipinski definition) is 2. The van der Waals surface area contributed by atoms with Gasteiger partial charge < -0.3 is 4.90 Å². The van der Waals surface area contributed by atoms with Crippen LogP contribution in [0.2, 0.25) is 0 Å². The number of nitrogens with one attached hydrogen (secondary N) is 1. The molecule has 0 aromatic rings. The predicted octanol–water partition coefficient (Wildman–Crippen LogP) is 0.531. The largest absolute Gasteiger partial charge is 0.343 e. The summed E-state index contributed by atoms with van der Waals surface area (Å²) in [5.41, 5.74) is 1.64. The summed E-state index contributed by atoms with van der Waals surface area (Å²) >= 11 is 0. The van der Waals surface area contributed by atoms with Crippen LogP contribution in [-0.2, 0) is 9.59 Å². The summed E-state index contributed by atoms with van der Waals surface area (Å²) < 4.78 is 0. The van der Waals surface area contributed by atoms with Crippen LogP contribution < -0.4 is 5.48 Å². The molecule has 1 fully saturated rings. The molecular weight excluding hydrogens is 196 g/mol. The van der Waals surface area contributed by atoms with Gasteiger partial charge >= 0.3 is 0 Å². The van der Waals surface area contributed by atoms with Gasteiger partial charge in [-0.2, -0.15) is 0 Å². The number of rotatable bonds is 3. The molecule has 1 rings (SSSR count). The molecule has 0 atom stereocenters. The van der Waals surface area contributed by atoms with E-state index in [4.69, 9.17) is 5.21 Å². The van der Waals surface area contributed by atoms with Crippen molar-refractivity contribution in [1.29, 1.82) is 0 Å². The van der Waals surface area contributed by atoms with E-state index >= 15 is 0 Å². The van der Waals surface area contributed by atoms with Crippen molar-refractivity contribution >= 4 is 11.8 Å². The normalized spacial score (nSPS) is 17.6. The SMILES string of the molecule is CCC(=O)N1CCC(CC(=O)NO)CC1. The van der Waals surface area contributed by atoms with Crippen LogP contribution >= 0.6 is 0 Å². The van der Waals surface area contributed by atoms with Gasteiger partial charge in [0.25, 0.3) is 0 Å². The first-order chi connectivity index (χ1) is 7.17. The number of hydrogen-bond acceptors (Lipinski definition) is 3. The molecule has 0 aliphatic carbocycles. The third-order valence-corrected chi connectivity index (χ3v) is 2.87. The van der Waals surface area contributed by atoms with Crippen LogP contribution in [0.4, 0.5) is 0 Å². The minimum absolute atomic E-state index is 0.181. The Morgan fingerprint density at radius 2 is 2.00 bits per heavy atom. The number of hydroxylamine groups is 1. The Bertz CT molecular complexity index is 235. The highest BCUT2D eigenvalue weighted by Gasteiger charge is 2.23. The fraction of sp³-hybridized carbons (Fsp3) is 0.800. The van der Waals surface area contributed by atoms with Gasteiger partial charge in [-0.1, -0.05) is 6.92 Å². The maximum atomic E-state index is 11.4. The Balaban J connectivity index is 2.29. The molecule has 1 saturated heterocycles. The fourth-order valence-corrected chi connectivity index (χ4v) is 1.92. The zero-order chi connectivity index (χ0) is 11.3. The van der Waals surface area contributed by atoms with Crippen LogP contribution in [0, 0.1) is 5.92 Å². The summed E-state index contributed by atoms with van der Waals surface area (Å²) in [6.45, 7) is 3.32. The quantitative estimate of drug-likeness (QED) is 0.532. The van der Waals surface area contributed by atoms with Crippen molar-refractivity contribution in [3.8, 4) is 0 Å². The molecule has 1 aliphatic heterocycles.